The van der Waals surface area contributed by atoms with Crippen molar-refractivity contribution in [2.75, 3.05) is 6.54 Å². The number of nitrogens with zero attached hydrogens (tertiary/aromatic N) is 2. The molecule has 1 aromatic carbocycles. The molecular formula is C14H16F3N3O. The van der Waals surface area contributed by atoms with Gasteiger partial charge in [0.2, 0.25) is 5.89 Å². The van der Waals surface area contributed by atoms with Crippen LogP contribution >= 0.6 is 0 Å². The van der Waals surface area contributed by atoms with Gasteiger partial charge in [0.1, 0.15) is 0 Å². The Hall–Kier alpha value is -1.89. The summed E-state index contributed by atoms with van der Waals surface area (Å²) in [6.07, 6.45) is -4.19. The van der Waals surface area contributed by atoms with E-state index >= 15 is 0 Å². The minimum absolute atomic E-state index is 0.175. The van der Waals surface area contributed by atoms with Gasteiger partial charge >= 0.3 is 6.18 Å². The molecule has 2 rings (SSSR count). The summed E-state index contributed by atoms with van der Waals surface area (Å²) in [6, 6.07) is 5.08. The molecule has 0 aliphatic rings. The summed E-state index contributed by atoms with van der Waals surface area (Å²) in [5.41, 5.74) is 4.94. The highest BCUT2D eigenvalue weighted by Crippen LogP contribution is 2.30. The highest BCUT2D eigenvalue weighted by atomic mass is 19.4. The normalized spacial score (nSPS) is 12.7. The van der Waals surface area contributed by atoms with Crippen LogP contribution in [0.3, 0.4) is 0 Å². The lowest BCUT2D eigenvalue weighted by molar-refractivity contribution is -0.137. The molecule has 2 aromatic rings. The number of rotatable bonds is 4. The third kappa shape index (κ3) is 3.60. The van der Waals surface area contributed by atoms with E-state index in [0.29, 0.717) is 23.8 Å². The molecule has 0 fully saturated rings. The van der Waals surface area contributed by atoms with Crippen LogP contribution in [0.1, 0.15) is 36.7 Å². The van der Waals surface area contributed by atoms with Crippen LogP contribution < -0.4 is 5.73 Å². The maximum Gasteiger partial charge on any atom is 0.416 e. The molecule has 0 saturated heterocycles. The van der Waals surface area contributed by atoms with E-state index in [9.17, 15) is 13.2 Å². The Morgan fingerprint density at radius 1 is 1.24 bits per heavy atom. The molecule has 1 heterocycles. The summed E-state index contributed by atoms with van der Waals surface area (Å²) >= 11 is 0. The highest BCUT2D eigenvalue weighted by Gasteiger charge is 2.30. The van der Waals surface area contributed by atoms with E-state index < -0.39 is 17.2 Å². The van der Waals surface area contributed by atoms with Crippen molar-refractivity contribution in [2.45, 2.75) is 31.9 Å². The van der Waals surface area contributed by atoms with Crippen LogP contribution in [0.25, 0.3) is 0 Å². The molecule has 4 nitrogen and oxygen atoms in total. The van der Waals surface area contributed by atoms with Crippen molar-refractivity contribution in [1.82, 2.24) is 10.1 Å². The number of alkyl halides is 3. The Kier molecular flexibility index (Phi) is 4.04. The van der Waals surface area contributed by atoms with Gasteiger partial charge in [0.05, 0.1) is 11.0 Å². The summed E-state index contributed by atoms with van der Waals surface area (Å²) < 4.78 is 43.1. The lowest BCUT2D eigenvalue weighted by Gasteiger charge is -2.15. The van der Waals surface area contributed by atoms with Crippen molar-refractivity contribution in [3.63, 3.8) is 0 Å². The fourth-order valence-electron chi connectivity index (χ4n) is 1.73. The Labute approximate surface area is 120 Å². The summed E-state index contributed by atoms with van der Waals surface area (Å²) in [5.74, 6) is 0.720. The number of aromatic nitrogens is 2. The molecule has 0 aliphatic heterocycles. The van der Waals surface area contributed by atoms with Gasteiger partial charge in [-0.3, -0.25) is 0 Å². The van der Waals surface area contributed by atoms with Gasteiger partial charge in [-0.05, 0) is 25.5 Å². The van der Waals surface area contributed by atoms with Gasteiger partial charge in [-0.2, -0.15) is 18.2 Å². The Balaban J connectivity index is 2.20. The molecule has 21 heavy (non-hydrogen) atoms. The molecule has 0 unspecified atom stereocenters. The van der Waals surface area contributed by atoms with Crippen LogP contribution in [0.15, 0.2) is 28.8 Å². The molecule has 114 valence electrons. The van der Waals surface area contributed by atoms with Gasteiger partial charge in [-0.25, -0.2) is 0 Å². The van der Waals surface area contributed by atoms with Crippen LogP contribution in [0.4, 0.5) is 13.2 Å². The fourth-order valence-corrected chi connectivity index (χ4v) is 1.73. The average molecular weight is 299 g/mol. The topological polar surface area (TPSA) is 64.9 Å². The van der Waals surface area contributed by atoms with Crippen LogP contribution in [-0.4, -0.2) is 16.7 Å². The van der Waals surface area contributed by atoms with Crippen LogP contribution in [0.2, 0.25) is 0 Å². The van der Waals surface area contributed by atoms with Crippen molar-refractivity contribution >= 4 is 0 Å². The number of nitrogens with two attached hydrogens (primary N) is 1. The van der Waals surface area contributed by atoms with Crippen molar-refractivity contribution < 1.29 is 17.7 Å². The zero-order chi connectivity index (χ0) is 15.7. The molecule has 0 atom stereocenters. The minimum atomic E-state index is -4.36. The maximum absolute atomic E-state index is 12.6. The minimum Gasteiger partial charge on any atom is -0.339 e. The second-order valence-electron chi connectivity index (χ2n) is 5.48. The van der Waals surface area contributed by atoms with Crippen molar-refractivity contribution in [1.29, 1.82) is 0 Å². The van der Waals surface area contributed by atoms with E-state index in [1.807, 2.05) is 13.8 Å². The first-order valence-electron chi connectivity index (χ1n) is 6.41. The van der Waals surface area contributed by atoms with Gasteiger partial charge in [-0.15, -0.1) is 0 Å². The Morgan fingerprint density at radius 3 is 2.57 bits per heavy atom. The molecule has 0 bridgehead atoms. The molecule has 0 aliphatic carbocycles. The zero-order valence-electron chi connectivity index (χ0n) is 11.7. The predicted octanol–water partition coefficient (Wildman–Crippen LogP) is 2.92. The van der Waals surface area contributed by atoms with Gasteiger partial charge in [0.15, 0.2) is 5.82 Å². The Bertz CT molecular complexity index is 620. The second-order valence-corrected chi connectivity index (χ2v) is 5.48. The smallest absolute Gasteiger partial charge is 0.339 e. The lowest BCUT2D eigenvalue weighted by atomic mass is 9.94. The molecule has 1 aromatic heterocycles. The fraction of sp³-hybridized carbons (Fsp3) is 0.429. The molecule has 0 spiro atoms. The van der Waals surface area contributed by atoms with Crippen LogP contribution in [-0.2, 0) is 18.0 Å². The van der Waals surface area contributed by atoms with E-state index in [1.54, 1.807) is 6.07 Å². The first kappa shape index (κ1) is 15.5. The summed E-state index contributed by atoms with van der Waals surface area (Å²) in [4.78, 5) is 4.20. The largest absolute Gasteiger partial charge is 0.416 e. The van der Waals surface area contributed by atoms with E-state index in [1.165, 1.54) is 6.07 Å². The van der Waals surface area contributed by atoms with E-state index in [2.05, 4.69) is 10.1 Å². The summed E-state index contributed by atoms with van der Waals surface area (Å²) in [7, 11) is 0. The summed E-state index contributed by atoms with van der Waals surface area (Å²) in [5, 5.41) is 3.79. The van der Waals surface area contributed by atoms with Crippen molar-refractivity contribution in [3.8, 4) is 0 Å². The van der Waals surface area contributed by atoms with Crippen LogP contribution in [0.5, 0.6) is 0 Å². The van der Waals surface area contributed by atoms with E-state index in [0.717, 1.165) is 12.1 Å². The second kappa shape index (κ2) is 5.48. The van der Waals surface area contributed by atoms with Gasteiger partial charge in [0.25, 0.3) is 0 Å². The number of hydrogen-bond donors (Lipinski definition) is 1. The predicted molar refractivity (Wildman–Crippen MR) is 70.6 cm³/mol. The molecule has 0 radical (unpaired) electrons. The highest BCUT2D eigenvalue weighted by molar-refractivity contribution is 5.27. The van der Waals surface area contributed by atoms with E-state index in [-0.39, 0.29) is 6.42 Å². The van der Waals surface area contributed by atoms with E-state index in [4.69, 9.17) is 10.3 Å². The van der Waals surface area contributed by atoms with Crippen LogP contribution in [0, 0.1) is 0 Å². The maximum atomic E-state index is 12.6. The molecule has 0 saturated carbocycles. The van der Waals surface area contributed by atoms with Gasteiger partial charge < -0.3 is 10.3 Å². The van der Waals surface area contributed by atoms with Crippen molar-refractivity contribution in [3.05, 3.63) is 47.1 Å². The monoisotopic (exact) mass is 299 g/mol. The number of benzene rings is 1. The number of hydrogen-bond acceptors (Lipinski definition) is 4. The summed E-state index contributed by atoms with van der Waals surface area (Å²) in [6.45, 7) is 4.04. The first-order valence-corrected chi connectivity index (χ1v) is 6.41. The van der Waals surface area contributed by atoms with Gasteiger partial charge in [0, 0.05) is 13.0 Å². The number of halogens is 3. The third-order valence-corrected chi connectivity index (χ3v) is 3.17. The molecule has 2 N–H and O–H groups in total. The zero-order valence-corrected chi connectivity index (χ0v) is 11.7. The average Bonchev–Trinajstić information content (AvgIpc) is 2.87. The molecular weight excluding hydrogens is 283 g/mol. The molecule has 7 heteroatoms. The quantitative estimate of drug-likeness (QED) is 0.942. The SMILES string of the molecule is CC(C)(CN)c1nc(Cc2cccc(C(F)(F)F)c2)no1. The standard InChI is InChI=1S/C14H16F3N3O/c1-13(2,8-18)12-19-11(20-21-12)7-9-4-3-5-10(6-9)14(15,16)17/h3-6H,7-8,18H2,1-2H3. The third-order valence-electron chi connectivity index (χ3n) is 3.17. The van der Waals surface area contributed by atoms with Gasteiger partial charge in [-0.1, -0.05) is 23.4 Å². The lowest BCUT2D eigenvalue weighted by Crippen LogP contribution is -2.28. The molecule has 0 amide bonds. The first-order chi connectivity index (χ1) is 9.72. The Morgan fingerprint density at radius 2 is 1.95 bits per heavy atom. The van der Waals surface area contributed by atoms with Crippen molar-refractivity contribution in [2.24, 2.45) is 5.73 Å².